The van der Waals surface area contributed by atoms with Crippen LogP contribution in [-0.2, 0) is 4.57 Å². The normalized spacial score (nSPS) is 11.3. The van der Waals surface area contributed by atoms with Gasteiger partial charge in [-0.3, -0.25) is 9.79 Å². The van der Waals surface area contributed by atoms with Crippen molar-refractivity contribution in [2.24, 2.45) is 0 Å². The molecule has 1 rings (SSSR count). The molecule has 0 aliphatic heterocycles. The molecule has 14 heavy (non-hydrogen) atoms. The molecule has 0 aliphatic carbocycles. The standard InChI is InChI=1S/C6H9N2O5P/c7-5-3(9)1-2-4(6(5)8)13-14(10,11)12/h1-2,9H,7-8H2,(H2,10,11,12). The van der Waals surface area contributed by atoms with Gasteiger partial charge in [-0.2, -0.15) is 0 Å². The molecule has 0 fully saturated rings. The van der Waals surface area contributed by atoms with Crippen molar-refractivity contribution in [3.05, 3.63) is 12.1 Å². The van der Waals surface area contributed by atoms with E-state index in [-0.39, 0.29) is 22.9 Å². The second-order valence-electron chi connectivity index (χ2n) is 2.49. The van der Waals surface area contributed by atoms with Gasteiger partial charge in [-0.05, 0) is 12.1 Å². The molecule has 7 nitrogen and oxygen atoms in total. The van der Waals surface area contributed by atoms with Gasteiger partial charge in [0.2, 0.25) is 0 Å². The molecular formula is C6H9N2O5P. The van der Waals surface area contributed by atoms with Crippen LogP contribution in [0, 0.1) is 0 Å². The first-order valence-corrected chi connectivity index (χ1v) is 4.96. The van der Waals surface area contributed by atoms with Gasteiger partial charge < -0.3 is 21.1 Å². The smallest absolute Gasteiger partial charge is 0.506 e. The highest BCUT2D eigenvalue weighted by Gasteiger charge is 2.19. The number of phosphoric acid groups is 1. The van der Waals surface area contributed by atoms with Crippen molar-refractivity contribution in [1.82, 2.24) is 0 Å². The van der Waals surface area contributed by atoms with E-state index in [1.54, 1.807) is 0 Å². The van der Waals surface area contributed by atoms with Gasteiger partial charge in [-0.25, -0.2) is 4.57 Å². The van der Waals surface area contributed by atoms with Gasteiger partial charge in [0.15, 0.2) is 5.75 Å². The quantitative estimate of drug-likeness (QED) is 0.269. The summed E-state index contributed by atoms with van der Waals surface area (Å²) in [6.07, 6.45) is 0. The van der Waals surface area contributed by atoms with E-state index < -0.39 is 7.82 Å². The van der Waals surface area contributed by atoms with Crippen LogP contribution < -0.4 is 16.0 Å². The lowest BCUT2D eigenvalue weighted by Gasteiger charge is -2.11. The lowest BCUT2D eigenvalue weighted by Crippen LogP contribution is -1.99. The Labute approximate surface area is 79.2 Å². The first-order valence-electron chi connectivity index (χ1n) is 3.43. The van der Waals surface area contributed by atoms with Crippen molar-refractivity contribution >= 4 is 19.2 Å². The van der Waals surface area contributed by atoms with E-state index in [1.807, 2.05) is 0 Å². The fourth-order valence-electron chi connectivity index (χ4n) is 0.813. The van der Waals surface area contributed by atoms with E-state index in [4.69, 9.17) is 26.4 Å². The van der Waals surface area contributed by atoms with Crippen LogP contribution in [0.15, 0.2) is 12.1 Å². The average Bonchev–Trinajstić information content (AvgIpc) is 2.04. The number of phosphoric ester groups is 1. The Kier molecular flexibility index (Phi) is 2.57. The summed E-state index contributed by atoms with van der Waals surface area (Å²) < 4.78 is 14.7. The number of rotatable bonds is 2. The zero-order valence-electron chi connectivity index (χ0n) is 6.91. The van der Waals surface area contributed by atoms with Gasteiger partial charge >= 0.3 is 7.82 Å². The predicted octanol–water partition coefficient (Wildman–Crippen LogP) is 0.0281. The number of hydrogen-bond donors (Lipinski definition) is 5. The summed E-state index contributed by atoms with van der Waals surface area (Å²) in [6, 6.07) is 2.23. The highest BCUT2D eigenvalue weighted by atomic mass is 31.2. The molecule has 0 bridgehead atoms. The molecule has 0 unspecified atom stereocenters. The number of benzene rings is 1. The minimum absolute atomic E-state index is 0.184. The van der Waals surface area contributed by atoms with E-state index in [9.17, 15) is 4.57 Å². The molecule has 0 atom stereocenters. The minimum atomic E-state index is -4.67. The summed E-state index contributed by atoms with van der Waals surface area (Å²) in [5, 5.41) is 9.07. The third-order valence-corrected chi connectivity index (χ3v) is 1.88. The van der Waals surface area contributed by atoms with Gasteiger partial charge in [-0.1, -0.05) is 0 Å². The van der Waals surface area contributed by atoms with Gasteiger partial charge in [0.25, 0.3) is 0 Å². The molecule has 0 spiro atoms. The number of nitrogens with two attached hydrogens (primary N) is 2. The Morgan fingerprint density at radius 1 is 1.21 bits per heavy atom. The van der Waals surface area contributed by atoms with E-state index >= 15 is 0 Å². The van der Waals surface area contributed by atoms with Crippen LogP contribution in [0.5, 0.6) is 11.5 Å². The van der Waals surface area contributed by atoms with Crippen LogP contribution in [0.4, 0.5) is 11.4 Å². The van der Waals surface area contributed by atoms with E-state index in [0.29, 0.717) is 0 Å². The van der Waals surface area contributed by atoms with Crippen molar-refractivity contribution in [3.8, 4) is 11.5 Å². The molecule has 8 heteroatoms. The number of nitrogen functional groups attached to an aromatic ring is 2. The van der Waals surface area contributed by atoms with Crippen molar-refractivity contribution in [1.29, 1.82) is 0 Å². The summed E-state index contributed by atoms with van der Waals surface area (Å²) in [4.78, 5) is 17.0. The second-order valence-corrected chi connectivity index (χ2v) is 3.66. The van der Waals surface area contributed by atoms with Crippen LogP contribution in [0.25, 0.3) is 0 Å². The molecule has 7 N–H and O–H groups in total. The van der Waals surface area contributed by atoms with Crippen molar-refractivity contribution in [3.63, 3.8) is 0 Å². The molecule has 0 heterocycles. The number of phenolic OH excluding ortho intramolecular Hbond substituents is 1. The second kappa shape index (κ2) is 3.38. The third-order valence-electron chi connectivity index (χ3n) is 1.44. The molecule has 0 aromatic heterocycles. The van der Waals surface area contributed by atoms with Crippen LogP contribution in [0.2, 0.25) is 0 Å². The Hall–Kier alpha value is -1.43. The molecule has 78 valence electrons. The number of aromatic hydroxyl groups is 1. The number of hydrogen-bond acceptors (Lipinski definition) is 5. The summed E-state index contributed by atoms with van der Waals surface area (Å²) >= 11 is 0. The SMILES string of the molecule is Nc1c(O)ccc(OP(=O)(O)O)c1N. The Morgan fingerprint density at radius 2 is 1.79 bits per heavy atom. The molecule has 0 amide bonds. The molecular weight excluding hydrogens is 211 g/mol. The van der Waals surface area contributed by atoms with Crippen molar-refractivity contribution < 1.29 is 24.0 Å². The highest BCUT2D eigenvalue weighted by molar-refractivity contribution is 7.46. The van der Waals surface area contributed by atoms with Crippen LogP contribution in [-0.4, -0.2) is 14.9 Å². The monoisotopic (exact) mass is 220 g/mol. The van der Waals surface area contributed by atoms with Crippen LogP contribution in [0.1, 0.15) is 0 Å². The van der Waals surface area contributed by atoms with Crippen molar-refractivity contribution in [2.45, 2.75) is 0 Å². The van der Waals surface area contributed by atoms with E-state index in [1.165, 1.54) is 0 Å². The molecule has 1 aromatic rings. The zero-order valence-corrected chi connectivity index (χ0v) is 7.81. The molecule has 0 saturated heterocycles. The number of anilines is 2. The van der Waals surface area contributed by atoms with Gasteiger partial charge in [-0.15, -0.1) is 0 Å². The predicted molar refractivity (Wildman–Crippen MR) is 49.6 cm³/mol. The maximum absolute atomic E-state index is 10.5. The van der Waals surface area contributed by atoms with Gasteiger partial charge in [0, 0.05) is 0 Å². The van der Waals surface area contributed by atoms with Crippen molar-refractivity contribution in [2.75, 3.05) is 11.5 Å². The average molecular weight is 220 g/mol. The van der Waals surface area contributed by atoms with Gasteiger partial charge in [0.05, 0.1) is 0 Å². The lowest BCUT2D eigenvalue weighted by molar-refractivity contribution is 0.283. The maximum atomic E-state index is 10.5. The topological polar surface area (TPSA) is 139 Å². The molecule has 1 aromatic carbocycles. The maximum Gasteiger partial charge on any atom is 0.524 e. The fourth-order valence-corrected chi connectivity index (χ4v) is 1.23. The first kappa shape index (κ1) is 10.6. The minimum Gasteiger partial charge on any atom is -0.506 e. The van der Waals surface area contributed by atoms with E-state index in [2.05, 4.69) is 4.52 Å². The largest absolute Gasteiger partial charge is 0.524 e. The summed E-state index contributed by atoms with van der Waals surface area (Å²) in [7, 11) is -4.67. The Balaban J connectivity index is 3.12. The van der Waals surface area contributed by atoms with Crippen LogP contribution in [0.3, 0.4) is 0 Å². The molecule has 0 radical (unpaired) electrons. The lowest BCUT2D eigenvalue weighted by atomic mass is 10.2. The highest BCUT2D eigenvalue weighted by Crippen LogP contribution is 2.43. The number of phenols is 1. The van der Waals surface area contributed by atoms with Gasteiger partial charge in [0.1, 0.15) is 17.1 Å². The van der Waals surface area contributed by atoms with E-state index in [0.717, 1.165) is 12.1 Å². The summed E-state index contributed by atoms with van der Waals surface area (Å²) in [5.41, 5.74) is 10.2. The zero-order chi connectivity index (χ0) is 10.9. The fraction of sp³-hybridized carbons (Fsp3) is 0. The Morgan fingerprint density at radius 3 is 2.29 bits per heavy atom. The molecule has 0 aliphatic rings. The first-order chi connectivity index (χ1) is 6.31. The summed E-state index contributed by atoms with van der Waals surface area (Å²) in [5.74, 6) is -0.547. The summed E-state index contributed by atoms with van der Waals surface area (Å²) in [6.45, 7) is 0. The molecule has 0 saturated carbocycles. The third kappa shape index (κ3) is 2.29. The Bertz CT molecular complexity index is 401. The van der Waals surface area contributed by atoms with Crippen LogP contribution >= 0.6 is 7.82 Å².